The van der Waals surface area contributed by atoms with E-state index in [1.807, 2.05) is 48.1 Å². The molecular weight excluding hydrogens is 374 g/mol. The van der Waals surface area contributed by atoms with Crippen LogP contribution in [0.1, 0.15) is 46.6 Å². The lowest BCUT2D eigenvalue weighted by Gasteiger charge is -2.15. The van der Waals surface area contributed by atoms with Crippen molar-refractivity contribution in [2.75, 3.05) is 13.1 Å². The highest BCUT2D eigenvalue weighted by Gasteiger charge is 2.41. The van der Waals surface area contributed by atoms with E-state index in [-0.39, 0.29) is 24.3 Å². The fourth-order valence-electron chi connectivity index (χ4n) is 4.01. The molecule has 7 heteroatoms. The van der Waals surface area contributed by atoms with Gasteiger partial charge in [0.15, 0.2) is 0 Å². The largest absolute Gasteiger partial charge is 0.481 e. The van der Waals surface area contributed by atoms with Crippen LogP contribution in [0.4, 0.5) is 0 Å². The molecular formula is C21H23N3O3S. The molecule has 28 heavy (non-hydrogen) atoms. The van der Waals surface area contributed by atoms with Crippen molar-refractivity contribution in [3.8, 4) is 0 Å². The van der Waals surface area contributed by atoms with Crippen molar-refractivity contribution < 1.29 is 14.7 Å². The summed E-state index contributed by atoms with van der Waals surface area (Å²) in [6.45, 7) is 4.83. The minimum Gasteiger partial charge on any atom is -0.481 e. The minimum absolute atomic E-state index is 0.0967. The number of thiophene rings is 1. The Morgan fingerprint density at radius 2 is 1.93 bits per heavy atom. The van der Waals surface area contributed by atoms with Gasteiger partial charge in [-0.3, -0.25) is 14.3 Å². The van der Waals surface area contributed by atoms with Gasteiger partial charge in [0.1, 0.15) is 4.83 Å². The number of aryl methyl sites for hydroxylation is 1. The Morgan fingerprint density at radius 3 is 2.57 bits per heavy atom. The summed E-state index contributed by atoms with van der Waals surface area (Å²) in [5, 5.41) is 15.3. The van der Waals surface area contributed by atoms with E-state index < -0.39 is 11.9 Å². The van der Waals surface area contributed by atoms with Crippen LogP contribution < -0.4 is 0 Å². The highest BCUT2D eigenvalue weighted by Crippen LogP contribution is 2.36. The average Bonchev–Trinajstić information content (AvgIpc) is 3.36. The second-order valence-electron chi connectivity index (χ2n) is 7.67. The molecule has 0 aliphatic carbocycles. The molecule has 2 atom stereocenters. The summed E-state index contributed by atoms with van der Waals surface area (Å²) in [5.74, 6) is -1.46. The van der Waals surface area contributed by atoms with Crippen molar-refractivity contribution in [2.45, 2.75) is 25.7 Å². The van der Waals surface area contributed by atoms with E-state index in [2.05, 4.69) is 18.9 Å². The molecule has 1 N–H and O–H groups in total. The molecule has 1 aliphatic heterocycles. The first kappa shape index (κ1) is 18.7. The summed E-state index contributed by atoms with van der Waals surface area (Å²) in [6, 6.07) is 11.5. The fraction of sp³-hybridized carbons (Fsp3) is 0.381. The molecule has 1 saturated heterocycles. The van der Waals surface area contributed by atoms with Gasteiger partial charge in [-0.1, -0.05) is 44.2 Å². The lowest BCUT2D eigenvalue weighted by molar-refractivity contribution is -0.141. The molecule has 1 aliphatic rings. The van der Waals surface area contributed by atoms with Gasteiger partial charge < -0.3 is 10.0 Å². The molecule has 0 radical (unpaired) electrons. The van der Waals surface area contributed by atoms with Crippen LogP contribution >= 0.6 is 11.3 Å². The van der Waals surface area contributed by atoms with E-state index >= 15 is 0 Å². The van der Waals surface area contributed by atoms with Crippen molar-refractivity contribution in [2.24, 2.45) is 13.0 Å². The SMILES string of the molecule is CC(C)c1nn(C)c2sc(C(=O)N3C[C@@H](C(=O)O)[C@H](c4ccccc4)C3)cc12. The van der Waals surface area contributed by atoms with Gasteiger partial charge in [-0.05, 0) is 17.5 Å². The number of likely N-dealkylation sites (tertiary alicyclic amines) is 1. The molecule has 3 heterocycles. The van der Waals surface area contributed by atoms with Crippen molar-refractivity contribution in [3.63, 3.8) is 0 Å². The Hall–Kier alpha value is -2.67. The van der Waals surface area contributed by atoms with Crippen molar-refractivity contribution in [1.29, 1.82) is 0 Å². The average molecular weight is 398 g/mol. The Bertz CT molecular complexity index is 1040. The second-order valence-corrected chi connectivity index (χ2v) is 8.70. The number of hydrogen-bond acceptors (Lipinski definition) is 4. The summed E-state index contributed by atoms with van der Waals surface area (Å²) < 4.78 is 1.82. The number of amides is 1. The summed E-state index contributed by atoms with van der Waals surface area (Å²) in [6.07, 6.45) is 0. The minimum atomic E-state index is -0.855. The molecule has 6 nitrogen and oxygen atoms in total. The van der Waals surface area contributed by atoms with Gasteiger partial charge in [0.2, 0.25) is 0 Å². The van der Waals surface area contributed by atoms with Crippen molar-refractivity contribution in [3.05, 3.63) is 52.5 Å². The van der Waals surface area contributed by atoms with Crippen molar-refractivity contribution >= 4 is 33.4 Å². The van der Waals surface area contributed by atoms with Gasteiger partial charge in [0.25, 0.3) is 5.91 Å². The summed E-state index contributed by atoms with van der Waals surface area (Å²) in [7, 11) is 1.89. The predicted molar refractivity (Wildman–Crippen MR) is 109 cm³/mol. The number of carboxylic acids is 1. The summed E-state index contributed by atoms with van der Waals surface area (Å²) >= 11 is 1.43. The van der Waals surface area contributed by atoms with Crippen LogP contribution in [0.3, 0.4) is 0 Å². The number of nitrogens with zero attached hydrogens (tertiary/aromatic N) is 3. The highest BCUT2D eigenvalue weighted by molar-refractivity contribution is 7.20. The maximum Gasteiger partial charge on any atom is 0.308 e. The van der Waals surface area contributed by atoms with Crippen LogP contribution in [0.5, 0.6) is 0 Å². The first-order valence-electron chi connectivity index (χ1n) is 9.40. The normalized spacial score (nSPS) is 19.6. The first-order valence-corrected chi connectivity index (χ1v) is 10.2. The van der Waals surface area contributed by atoms with Crippen LogP contribution in [0, 0.1) is 5.92 Å². The third-order valence-corrected chi connectivity index (χ3v) is 6.64. The van der Waals surface area contributed by atoms with Crippen LogP contribution in [-0.4, -0.2) is 44.8 Å². The summed E-state index contributed by atoms with van der Waals surface area (Å²) in [4.78, 5) is 28.3. The third kappa shape index (κ3) is 3.09. The smallest absolute Gasteiger partial charge is 0.308 e. The lowest BCUT2D eigenvalue weighted by atomic mass is 9.89. The van der Waals surface area contributed by atoms with Crippen LogP contribution in [0.2, 0.25) is 0 Å². The predicted octanol–water partition coefficient (Wildman–Crippen LogP) is 3.70. The summed E-state index contributed by atoms with van der Waals surface area (Å²) in [5.41, 5.74) is 1.95. The highest BCUT2D eigenvalue weighted by atomic mass is 32.1. The maximum absolute atomic E-state index is 13.2. The number of carbonyl (C=O) groups is 2. The van der Waals surface area contributed by atoms with E-state index in [0.29, 0.717) is 11.4 Å². The van der Waals surface area contributed by atoms with E-state index in [4.69, 9.17) is 0 Å². The molecule has 2 aromatic heterocycles. The molecule has 1 aromatic carbocycles. The zero-order valence-corrected chi connectivity index (χ0v) is 16.9. The third-order valence-electron chi connectivity index (χ3n) is 5.45. The second kappa shape index (κ2) is 7.05. The number of benzene rings is 1. The van der Waals surface area contributed by atoms with Gasteiger partial charge >= 0.3 is 5.97 Å². The molecule has 0 bridgehead atoms. The van der Waals surface area contributed by atoms with Gasteiger partial charge in [-0.15, -0.1) is 11.3 Å². The lowest BCUT2D eigenvalue weighted by Crippen LogP contribution is -2.29. The molecule has 4 rings (SSSR count). The van der Waals surface area contributed by atoms with E-state index in [1.54, 1.807) is 4.90 Å². The first-order chi connectivity index (χ1) is 13.4. The number of aliphatic carboxylic acids is 1. The number of carbonyl (C=O) groups excluding carboxylic acids is 1. The molecule has 0 unspecified atom stereocenters. The fourth-order valence-corrected chi connectivity index (χ4v) is 5.06. The molecule has 146 valence electrons. The quantitative estimate of drug-likeness (QED) is 0.728. The van der Waals surface area contributed by atoms with Crippen molar-refractivity contribution in [1.82, 2.24) is 14.7 Å². The number of hydrogen-bond donors (Lipinski definition) is 1. The van der Waals surface area contributed by atoms with E-state index in [9.17, 15) is 14.7 Å². The van der Waals surface area contributed by atoms with Crippen LogP contribution in [0.15, 0.2) is 36.4 Å². The molecule has 1 amide bonds. The maximum atomic E-state index is 13.2. The molecule has 1 fully saturated rings. The van der Waals surface area contributed by atoms with E-state index in [1.165, 1.54) is 11.3 Å². The number of fused-ring (bicyclic) bond motifs is 1. The number of aromatic nitrogens is 2. The van der Waals surface area contributed by atoms with Gasteiger partial charge in [-0.2, -0.15) is 5.10 Å². The molecule has 3 aromatic rings. The van der Waals surface area contributed by atoms with Gasteiger partial charge in [0, 0.05) is 31.4 Å². The van der Waals surface area contributed by atoms with Crippen LogP contribution in [0.25, 0.3) is 10.2 Å². The van der Waals surface area contributed by atoms with Gasteiger partial charge in [0.05, 0.1) is 16.5 Å². The standard InChI is InChI=1S/C21H23N3O3S/c1-12(2)18-14-9-17(28-20(14)23(3)22-18)19(25)24-10-15(16(11-24)21(26)27)13-7-5-4-6-8-13/h4-9,12,15-16H,10-11H2,1-3H3,(H,26,27)/t15-,16+/m0/s1. The van der Waals surface area contributed by atoms with Gasteiger partial charge in [-0.25, -0.2) is 0 Å². The Labute approximate surface area is 167 Å². The number of carboxylic acid groups (broad SMARTS) is 1. The number of rotatable bonds is 4. The topological polar surface area (TPSA) is 75.4 Å². The zero-order chi connectivity index (χ0) is 20.0. The monoisotopic (exact) mass is 397 g/mol. The van der Waals surface area contributed by atoms with Crippen LogP contribution in [-0.2, 0) is 11.8 Å². The Kier molecular flexibility index (Phi) is 4.71. The molecule has 0 saturated carbocycles. The molecule has 0 spiro atoms. The Morgan fingerprint density at radius 1 is 1.21 bits per heavy atom. The zero-order valence-electron chi connectivity index (χ0n) is 16.1. The Balaban J connectivity index is 1.64. The van der Waals surface area contributed by atoms with E-state index in [0.717, 1.165) is 21.5 Å².